The summed E-state index contributed by atoms with van der Waals surface area (Å²) in [6.07, 6.45) is 2.02. The normalized spacial score (nSPS) is 19.2. The summed E-state index contributed by atoms with van der Waals surface area (Å²) < 4.78 is 5.25. The van der Waals surface area contributed by atoms with E-state index >= 15 is 0 Å². The molecule has 116 valence electrons. The van der Waals surface area contributed by atoms with Gasteiger partial charge in [-0.2, -0.15) is 0 Å². The van der Waals surface area contributed by atoms with Crippen LogP contribution in [-0.4, -0.2) is 44.1 Å². The number of nitrogens with one attached hydrogen (secondary N) is 1. The first-order valence-corrected chi connectivity index (χ1v) is 7.56. The Labute approximate surface area is 126 Å². The van der Waals surface area contributed by atoms with Crippen LogP contribution in [0.1, 0.15) is 18.4 Å². The molecule has 5 heteroatoms. The fourth-order valence-corrected chi connectivity index (χ4v) is 2.78. The lowest BCUT2D eigenvalue weighted by atomic mass is 9.96. The molecule has 0 aromatic heterocycles. The Kier molecular flexibility index (Phi) is 6.02. The van der Waals surface area contributed by atoms with Gasteiger partial charge in [0.25, 0.3) is 0 Å². The van der Waals surface area contributed by atoms with Crippen LogP contribution in [0.4, 0.5) is 0 Å². The average Bonchev–Trinajstić information content (AvgIpc) is 2.53. The van der Waals surface area contributed by atoms with E-state index in [1.165, 1.54) is 5.56 Å². The molecule has 1 aliphatic rings. The maximum absolute atomic E-state index is 12.0. The quantitative estimate of drug-likeness (QED) is 0.820. The van der Waals surface area contributed by atoms with Crippen LogP contribution in [0.5, 0.6) is 5.75 Å². The fourth-order valence-electron chi connectivity index (χ4n) is 2.78. The number of likely N-dealkylation sites (tertiary alicyclic amines) is 1. The van der Waals surface area contributed by atoms with Gasteiger partial charge in [-0.15, -0.1) is 0 Å². The molecule has 1 aromatic rings. The minimum Gasteiger partial charge on any atom is -0.497 e. The zero-order valence-electron chi connectivity index (χ0n) is 12.7. The van der Waals surface area contributed by atoms with Gasteiger partial charge in [0.1, 0.15) is 5.75 Å². The number of piperidine rings is 1. The first-order valence-electron chi connectivity index (χ1n) is 7.56. The monoisotopic (exact) mass is 291 g/mol. The van der Waals surface area contributed by atoms with Gasteiger partial charge in [-0.05, 0) is 37.1 Å². The Morgan fingerprint density at radius 3 is 3.14 bits per heavy atom. The third-order valence-corrected chi connectivity index (χ3v) is 3.86. The number of carbonyl (C=O) groups excluding carboxylic acids is 1. The van der Waals surface area contributed by atoms with Gasteiger partial charge in [0.15, 0.2) is 0 Å². The van der Waals surface area contributed by atoms with Crippen LogP contribution in [0.15, 0.2) is 24.3 Å². The van der Waals surface area contributed by atoms with E-state index in [2.05, 4.69) is 22.3 Å². The molecule has 1 atom stereocenters. The summed E-state index contributed by atoms with van der Waals surface area (Å²) in [5.74, 6) is 1.09. The van der Waals surface area contributed by atoms with E-state index in [9.17, 15) is 4.79 Å². The number of methoxy groups -OCH3 is 1. The van der Waals surface area contributed by atoms with Crippen LogP contribution < -0.4 is 15.8 Å². The van der Waals surface area contributed by atoms with Crippen LogP contribution in [0, 0.1) is 5.92 Å². The molecule has 1 aliphatic heterocycles. The molecule has 1 fully saturated rings. The molecule has 1 amide bonds. The van der Waals surface area contributed by atoms with Crippen molar-refractivity contribution in [1.82, 2.24) is 10.2 Å². The molecular formula is C16H25N3O2. The number of amides is 1. The summed E-state index contributed by atoms with van der Waals surface area (Å²) in [6, 6.07) is 8.10. The number of carbonyl (C=O) groups is 1. The smallest absolute Gasteiger partial charge is 0.224 e. The first kappa shape index (κ1) is 15.8. The molecule has 1 aromatic carbocycles. The predicted octanol–water partition coefficient (Wildman–Crippen LogP) is 0.982. The highest BCUT2D eigenvalue weighted by Gasteiger charge is 2.25. The number of nitrogens with two attached hydrogens (primary N) is 1. The van der Waals surface area contributed by atoms with E-state index in [-0.39, 0.29) is 11.8 Å². The van der Waals surface area contributed by atoms with Crippen molar-refractivity contribution in [2.24, 2.45) is 11.7 Å². The van der Waals surface area contributed by atoms with Gasteiger partial charge in [-0.1, -0.05) is 12.1 Å². The van der Waals surface area contributed by atoms with Gasteiger partial charge in [-0.3, -0.25) is 9.69 Å². The van der Waals surface area contributed by atoms with Crippen molar-refractivity contribution in [1.29, 1.82) is 0 Å². The van der Waals surface area contributed by atoms with E-state index in [0.29, 0.717) is 13.1 Å². The second kappa shape index (κ2) is 8.00. The lowest BCUT2D eigenvalue weighted by Crippen LogP contribution is -2.43. The number of ether oxygens (including phenoxy) is 1. The number of benzene rings is 1. The van der Waals surface area contributed by atoms with E-state index in [1.807, 2.05) is 12.1 Å². The molecular weight excluding hydrogens is 266 g/mol. The zero-order valence-corrected chi connectivity index (χ0v) is 12.7. The number of nitrogens with zero attached hydrogens (tertiary/aromatic N) is 1. The molecule has 1 saturated heterocycles. The Balaban J connectivity index is 1.90. The van der Waals surface area contributed by atoms with Crippen LogP contribution in [0.25, 0.3) is 0 Å². The van der Waals surface area contributed by atoms with Crippen LogP contribution in [0.2, 0.25) is 0 Å². The topological polar surface area (TPSA) is 67.6 Å². The number of hydrogen-bond donors (Lipinski definition) is 2. The highest BCUT2D eigenvalue weighted by atomic mass is 16.5. The van der Waals surface area contributed by atoms with E-state index in [4.69, 9.17) is 10.5 Å². The largest absolute Gasteiger partial charge is 0.497 e. The van der Waals surface area contributed by atoms with Gasteiger partial charge in [-0.25, -0.2) is 0 Å². The van der Waals surface area contributed by atoms with Crippen molar-refractivity contribution in [2.75, 3.05) is 33.3 Å². The summed E-state index contributed by atoms with van der Waals surface area (Å²) in [5.41, 5.74) is 6.65. The number of hydrogen-bond acceptors (Lipinski definition) is 4. The second-order valence-electron chi connectivity index (χ2n) is 5.51. The standard InChI is InChI=1S/C16H25N3O2/c1-21-15-6-2-4-13(10-15)11-19-9-3-5-14(12-19)16(20)18-8-7-17/h2,4,6,10,14H,3,5,7-9,11-12,17H2,1H3,(H,18,20). The van der Waals surface area contributed by atoms with Crippen molar-refractivity contribution in [3.05, 3.63) is 29.8 Å². The predicted molar refractivity (Wildman–Crippen MR) is 83.1 cm³/mol. The van der Waals surface area contributed by atoms with Gasteiger partial charge >= 0.3 is 0 Å². The maximum Gasteiger partial charge on any atom is 0.224 e. The van der Waals surface area contributed by atoms with Crippen molar-refractivity contribution >= 4 is 5.91 Å². The molecule has 0 aliphatic carbocycles. The van der Waals surface area contributed by atoms with Crippen molar-refractivity contribution in [2.45, 2.75) is 19.4 Å². The first-order chi connectivity index (χ1) is 10.2. The van der Waals surface area contributed by atoms with Crippen LogP contribution in [-0.2, 0) is 11.3 Å². The number of rotatable bonds is 6. The average molecular weight is 291 g/mol. The molecule has 21 heavy (non-hydrogen) atoms. The van der Waals surface area contributed by atoms with Gasteiger partial charge in [0.2, 0.25) is 5.91 Å². The molecule has 0 bridgehead atoms. The lowest BCUT2D eigenvalue weighted by molar-refractivity contribution is -0.126. The highest BCUT2D eigenvalue weighted by molar-refractivity contribution is 5.78. The molecule has 0 spiro atoms. The highest BCUT2D eigenvalue weighted by Crippen LogP contribution is 2.20. The molecule has 5 nitrogen and oxygen atoms in total. The maximum atomic E-state index is 12.0. The Bertz CT molecular complexity index is 465. The third kappa shape index (κ3) is 4.72. The minimum atomic E-state index is 0.0795. The third-order valence-electron chi connectivity index (χ3n) is 3.86. The molecule has 1 unspecified atom stereocenters. The van der Waals surface area contributed by atoms with Crippen molar-refractivity contribution in [3.63, 3.8) is 0 Å². The molecule has 2 rings (SSSR count). The van der Waals surface area contributed by atoms with Crippen molar-refractivity contribution < 1.29 is 9.53 Å². The van der Waals surface area contributed by atoms with Gasteiger partial charge in [0, 0.05) is 26.2 Å². The second-order valence-corrected chi connectivity index (χ2v) is 5.51. The molecule has 3 N–H and O–H groups in total. The van der Waals surface area contributed by atoms with Crippen LogP contribution >= 0.6 is 0 Å². The molecule has 1 heterocycles. The summed E-state index contributed by atoms with van der Waals surface area (Å²) in [4.78, 5) is 14.4. The summed E-state index contributed by atoms with van der Waals surface area (Å²) in [7, 11) is 1.68. The van der Waals surface area contributed by atoms with E-state index in [0.717, 1.165) is 38.2 Å². The molecule has 0 saturated carbocycles. The lowest BCUT2D eigenvalue weighted by Gasteiger charge is -2.32. The van der Waals surface area contributed by atoms with Gasteiger partial charge < -0.3 is 15.8 Å². The SMILES string of the molecule is COc1cccc(CN2CCCC(C(=O)NCCN)C2)c1. The minimum absolute atomic E-state index is 0.0795. The Morgan fingerprint density at radius 2 is 2.38 bits per heavy atom. The Morgan fingerprint density at radius 1 is 1.52 bits per heavy atom. The van der Waals surface area contributed by atoms with E-state index < -0.39 is 0 Å². The Hall–Kier alpha value is -1.59. The summed E-state index contributed by atoms with van der Waals surface area (Å²) >= 11 is 0. The van der Waals surface area contributed by atoms with Crippen LogP contribution in [0.3, 0.4) is 0 Å². The fraction of sp³-hybridized carbons (Fsp3) is 0.562. The van der Waals surface area contributed by atoms with Gasteiger partial charge in [0.05, 0.1) is 13.0 Å². The summed E-state index contributed by atoms with van der Waals surface area (Å²) in [6.45, 7) is 3.76. The zero-order chi connectivity index (χ0) is 15.1. The van der Waals surface area contributed by atoms with Crippen molar-refractivity contribution in [3.8, 4) is 5.75 Å². The summed E-state index contributed by atoms with van der Waals surface area (Å²) in [5, 5.41) is 2.89. The molecule has 0 radical (unpaired) electrons. The van der Waals surface area contributed by atoms with E-state index in [1.54, 1.807) is 7.11 Å².